The van der Waals surface area contributed by atoms with Crippen LogP contribution in [-0.4, -0.2) is 38.8 Å². The molecule has 0 saturated heterocycles. The summed E-state index contributed by atoms with van der Waals surface area (Å²) >= 11 is 0. The van der Waals surface area contributed by atoms with Crippen LogP contribution in [0.5, 0.6) is 17.2 Å². The number of ether oxygens (including phenoxy) is 3. The Labute approximate surface area is 223 Å². The van der Waals surface area contributed by atoms with Crippen LogP contribution >= 0.6 is 0 Å². The third-order valence-corrected chi connectivity index (χ3v) is 6.10. The Morgan fingerprint density at radius 1 is 0.816 bits per heavy atom. The summed E-state index contributed by atoms with van der Waals surface area (Å²) < 4.78 is 21.7. The van der Waals surface area contributed by atoms with Gasteiger partial charge in [-0.3, -0.25) is 4.79 Å². The van der Waals surface area contributed by atoms with Crippen molar-refractivity contribution >= 4 is 11.9 Å². The molecule has 0 aliphatic heterocycles. The Hall–Kier alpha value is -4.46. The Balaban J connectivity index is 1.41. The molecule has 4 rings (SSSR count). The van der Waals surface area contributed by atoms with Crippen molar-refractivity contribution in [3.05, 3.63) is 101 Å². The highest BCUT2D eigenvalue weighted by Gasteiger charge is 2.18. The first-order valence-corrected chi connectivity index (χ1v) is 12.5. The number of carbonyl (C=O) groups excluding carboxylic acids is 1. The van der Waals surface area contributed by atoms with Crippen molar-refractivity contribution in [2.45, 2.75) is 25.9 Å². The summed E-state index contributed by atoms with van der Waals surface area (Å²) in [4.78, 5) is 19.2. The number of aryl methyl sites for hydroxylation is 1. The number of nitrogens with one attached hydrogen (secondary N) is 1. The molecule has 0 unspecified atom stereocenters. The maximum atomic E-state index is 12.8. The fraction of sp³-hybridized carbons (Fsp3) is 0.267. The molecule has 1 N–H and O–H groups in total. The summed E-state index contributed by atoms with van der Waals surface area (Å²) in [5.41, 5.74) is 3.48. The summed E-state index contributed by atoms with van der Waals surface area (Å²) in [5.74, 6) is 2.10. The van der Waals surface area contributed by atoms with Crippen molar-refractivity contribution in [1.82, 2.24) is 10.3 Å². The van der Waals surface area contributed by atoms with E-state index in [0.29, 0.717) is 25.6 Å². The van der Waals surface area contributed by atoms with E-state index in [1.165, 1.54) is 11.8 Å². The number of hydrogen-bond donors (Lipinski definition) is 1. The zero-order chi connectivity index (χ0) is 26.7. The van der Waals surface area contributed by atoms with E-state index in [2.05, 4.69) is 10.3 Å². The standard InChI is InChI=1S/C30H33N3O5/c1-35-25-14-12-22(13-15-25)9-6-16-31-29(34)28-21-38-30(32-28)33(19-23-7-4-10-26(17-23)36-2)20-24-8-5-11-27(18-24)37-3/h4-5,7-8,10-15,17-18,21H,6,9,16,19-20H2,1-3H3,(H,31,34). The predicted octanol–water partition coefficient (Wildman–Crippen LogP) is 5.27. The Morgan fingerprint density at radius 3 is 2.00 bits per heavy atom. The van der Waals surface area contributed by atoms with Gasteiger partial charge in [-0.05, 0) is 65.9 Å². The van der Waals surface area contributed by atoms with Gasteiger partial charge in [0.05, 0.1) is 21.3 Å². The van der Waals surface area contributed by atoms with Crippen LogP contribution in [0, 0.1) is 0 Å². The van der Waals surface area contributed by atoms with E-state index in [-0.39, 0.29) is 11.6 Å². The summed E-state index contributed by atoms with van der Waals surface area (Å²) in [5, 5.41) is 2.94. The average Bonchev–Trinajstić information content (AvgIpc) is 3.46. The van der Waals surface area contributed by atoms with Crippen molar-refractivity contribution in [3.8, 4) is 17.2 Å². The number of rotatable bonds is 13. The first-order chi connectivity index (χ1) is 18.6. The zero-order valence-corrected chi connectivity index (χ0v) is 22.0. The lowest BCUT2D eigenvalue weighted by molar-refractivity contribution is 0.0948. The second-order valence-electron chi connectivity index (χ2n) is 8.78. The maximum absolute atomic E-state index is 12.8. The van der Waals surface area contributed by atoms with Crippen LogP contribution in [0.1, 0.15) is 33.6 Å². The van der Waals surface area contributed by atoms with Gasteiger partial charge in [0.25, 0.3) is 11.9 Å². The van der Waals surface area contributed by atoms with Crippen LogP contribution in [0.2, 0.25) is 0 Å². The molecule has 0 aliphatic rings. The third kappa shape index (κ3) is 7.29. The molecule has 0 radical (unpaired) electrons. The minimum Gasteiger partial charge on any atom is -0.497 e. The predicted molar refractivity (Wildman–Crippen MR) is 146 cm³/mol. The number of nitrogens with zero attached hydrogens (tertiary/aromatic N) is 2. The van der Waals surface area contributed by atoms with E-state index >= 15 is 0 Å². The van der Waals surface area contributed by atoms with Crippen molar-refractivity contribution in [2.75, 3.05) is 32.8 Å². The highest BCUT2D eigenvalue weighted by molar-refractivity contribution is 5.92. The molecule has 38 heavy (non-hydrogen) atoms. The maximum Gasteiger partial charge on any atom is 0.298 e. The van der Waals surface area contributed by atoms with E-state index in [0.717, 1.165) is 41.2 Å². The number of benzene rings is 3. The fourth-order valence-corrected chi connectivity index (χ4v) is 4.06. The van der Waals surface area contributed by atoms with Gasteiger partial charge in [-0.1, -0.05) is 36.4 Å². The second kappa shape index (κ2) is 13.2. The van der Waals surface area contributed by atoms with Crippen molar-refractivity contribution < 1.29 is 23.4 Å². The van der Waals surface area contributed by atoms with Crippen molar-refractivity contribution in [2.24, 2.45) is 0 Å². The number of hydrogen-bond acceptors (Lipinski definition) is 7. The monoisotopic (exact) mass is 515 g/mol. The first kappa shape index (κ1) is 26.6. The summed E-state index contributed by atoms with van der Waals surface area (Å²) in [6, 6.07) is 24.0. The van der Waals surface area contributed by atoms with Crippen LogP contribution in [0.3, 0.4) is 0 Å². The van der Waals surface area contributed by atoms with E-state index in [1.807, 2.05) is 77.7 Å². The highest BCUT2D eigenvalue weighted by atomic mass is 16.5. The minimum atomic E-state index is -0.266. The molecule has 8 heteroatoms. The van der Waals surface area contributed by atoms with E-state index in [9.17, 15) is 4.79 Å². The van der Waals surface area contributed by atoms with Crippen LogP contribution in [0.4, 0.5) is 6.01 Å². The molecular formula is C30H33N3O5. The molecule has 198 valence electrons. The van der Waals surface area contributed by atoms with Crippen LogP contribution < -0.4 is 24.4 Å². The van der Waals surface area contributed by atoms with Gasteiger partial charge in [0.2, 0.25) is 0 Å². The number of methoxy groups -OCH3 is 3. The van der Waals surface area contributed by atoms with Crippen LogP contribution in [0.15, 0.2) is 83.5 Å². The van der Waals surface area contributed by atoms with E-state index in [4.69, 9.17) is 18.6 Å². The lowest BCUT2D eigenvalue weighted by atomic mass is 10.1. The quantitative estimate of drug-likeness (QED) is 0.243. The number of aromatic nitrogens is 1. The topological polar surface area (TPSA) is 86.1 Å². The SMILES string of the molecule is COc1ccc(CCCNC(=O)c2coc(N(Cc3cccc(OC)c3)Cc3cccc(OC)c3)n2)cc1. The molecule has 0 fully saturated rings. The number of carbonyl (C=O) groups is 1. The van der Waals surface area contributed by atoms with Gasteiger partial charge < -0.3 is 28.8 Å². The molecule has 8 nitrogen and oxygen atoms in total. The second-order valence-corrected chi connectivity index (χ2v) is 8.78. The molecule has 3 aromatic carbocycles. The average molecular weight is 516 g/mol. The van der Waals surface area contributed by atoms with Gasteiger partial charge in [-0.25, -0.2) is 0 Å². The van der Waals surface area contributed by atoms with Gasteiger partial charge in [0, 0.05) is 19.6 Å². The lowest BCUT2D eigenvalue weighted by Gasteiger charge is -2.21. The fourth-order valence-electron chi connectivity index (χ4n) is 4.06. The Kier molecular flexibility index (Phi) is 9.23. The molecule has 1 heterocycles. The van der Waals surface area contributed by atoms with E-state index in [1.54, 1.807) is 21.3 Å². The lowest BCUT2D eigenvalue weighted by Crippen LogP contribution is -2.26. The van der Waals surface area contributed by atoms with Gasteiger partial charge in [-0.2, -0.15) is 4.98 Å². The van der Waals surface area contributed by atoms with Crippen LogP contribution in [-0.2, 0) is 19.5 Å². The zero-order valence-electron chi connectivity index (χ0n) is 22.0. The highest BCUT2D eigenvalue weighted by Crippen LogP contribution is 2.23. The third-order valence-electron chi connectivity index (χ3n) is 6.10. The van der Waals surface area contributed by atoms with Crippen LogP contribution in [0.25, 0.3) is 0 Å². The summed E-state index contributed by atoms with van der Waals surface area (Å²) in [6.45, 7) is 1.56. The van der Waals surface area contributed by atoms with E-state index < -0.39 is 0 Å². The molecule has 0 atom stereocenters. The number of anilines is 1. The van der Waals surface area contributed by atoms with Gasteiger partial charge in [0.1, 0.15) is 23.5 Å². The summed E-state index contributed by atoms with van der Waals surface area (Å²) in [7, 11) is 4.93. The number of amides is 1. The molecule has 0 bridgehead atoms. The minimum absolute atomic E-state index is 0.241. The Bertz CT molecular complexity index is 1270. The molecule has 0 aliphatic carbocycles. The normalized spacial score (nSPS) is 10.6. The molecule has 0 saturated carbocycles. The van der Waals surface area contributed by atoms with Gasteiger partial charge in [0.15, 0.2) is 5.69 Å². The van der Waals surface area contributed by atoms with Crippen molar-refractivity contribution in [1.29, 1.82) is 0 Å². The molecular weight excluding hydrogens is 482 g/mol. The first-order valence-electron chi connectivity index (χ1n) is 12.5. The Morgan fingerprint density at radius 2 is 1.42 bits per heavy atom. The van der Waals surface area contributed by atoms with Crippen molar-refractivity contribution in [3.63, 3.8) is 0 Å². The smallest absolute Gasteiger partial charge is 0.298 e. The molecule has 1 aromatic heterocycles. The van der Waals surface area contributed by atoms with Gasteiger partial charge >= 0.3 is 0 Å². The summed E-state index contributed by atoms with van der Waals surface area (Å²) in [6.07, 6.45) is 3.06. The molecule has 0 spiro atoms. The molecule has 4 aromatic rings. The largest absolute Gasteiger partial charge is 0.497 e. The number of oxazole rings is 1. The molecule has 1 amide bonds. The van der Waals surface area contributed by atoms with Gasteiger partial charge in [-0.15, -0.1) is 0 Å².